The lowest BCUT2D eigenvalue weighted by atomic mass is 10.1. The number of rotatable bonds is 10. The van der Waals surface area contributed by atoms with Gasteiger partial charge in [-0.05, 0) is 66.8 Å². The lowest BCUT2D eigenvalue weighted by Crippen LogP contribution is -2.06. The highest BCUT2D eigenvalue weighted by molar-refractivity contribution is 8.00. The molecule has 0 saturated heterocycles. The van der Waals surface area contributed by atoms with Crippen molar-refractivity contribution in [3.05, 3.63) is 70.5 Å². The number of carbonyl (C=O) groups is 1. The molecule has 0 amide bonds. The van der Waals surface area contributed by atoms with Gasteiger partial charge in [-0.2, -0.15) is 0 Å². The molecule has 0 radical (unpaired) electrons. The molecule has 2 aromatic carbocycles. The highest BCUT2D eigenvalue weighted by Gasteiger charge is 2.11. The summed E-state index contributed by atoms with van der Waals surface area (Å²) in [6.07, 6.45) is 2.55. The zero-order valence-corrected chi connectivity index (χ0v) is 21.2. The fourth-order valence-corrected chi connectivity index (χ4v) is 5.26. The van der Waals surface area contributed by atoms with Crippen molar-refractivity contribution < 1.29 is 9.90 Å². The van der Waals surface area contributed by atoms with Crippen molar-refractivity contribution in [3.8, 4) is 0 Å². The SMILES string of the molecule is CCc1ccc2nc(Cc3cc(CC(C)C)nc(Nc4ccc(SCC(=O)O)cc4)n3)sc2c1. The lowest BCUT2D eigenvalue weighted by Gasteiger charge is -2.11. The van der Waals surface area contributed by atoms with E-state index >= 15 is 0 Å². The molecule has 4 rings (SSSR count). The highest BCUT2D eigenvalue weighted by Crippen LogP contribution is 2.26. The molecular formula is C26H28N4O2S2. The summed E-state index contributed by atoms with van der Waals surface area (Å²) in [6, 6.07) is 16.2. The molecule has 2 N–H and O–H groups in total. The summed E-state index contributed by atoms with van der Waals surface area (Å²) in [7, 11) is 0. The lowest BCUT2D eigenvalue weighted by molar-refractivity contribution is -0.133. The molecule has 0 unspecified atom stereocenters. The molecule has 6 nitrogen and oxygen atoms in total. The maximum absolute atomic E-state index is 10.8. The predicted octanol–water partition coefficient (Wildman–Crippen LogP) is 6.36. The van der Waals surface area contributed by atoms with E-state index in [2.05, 4.69) is 50.4 Å². The van der Waals surface area contributed by atoms with E-state index in [9.17, 15) is 4.79 Å². The average Bonchev–Trinajstić information content (AvgIpc) is 3.19. The number of thiazole rings is 1. The number of fused-ring (bicyclic) bond motifs is 1. The first-order valence-corrected chi connectivity index (χ1v) is 13.1. The highest BCUT2D eigenvalue weighted by atomic mass is 32.2. The summed E-state index contributed by atoms with van der Waals surface area (Å²) in [4.78, 5) is 26.0. The van der Waals surface area contributed by atoms with Crippen LogP contribution in [0.15, 0.2) is 53.4 Å². The van der Waals surface area contributed by atoms with Crippen LogP contribution < -0.4 is 5.32 Å². The van der Waals surface area contributed by atoms with Crippen LogP contribution in [-0.2, 0) is 24.1 Å². The number of hydrogen-bond donors (Lipinski definition) is 2. The topological polar surface area (TPSA) is 88.0 Å². The molecule has 0 spiro atoms. The van der Waals surface area contributed by atoms with Gasteiger partial charge in [0.2, 0.25) is 5.95 Å². The van der Waals surface area contributed by atoms with Gasteiger partial charge in [-0.3, -0.25) is 4.79 Å². The van der Waals surface area contributed by atoms with Gasteiger partial charge in [-0.15, -0.1) is 23.1 Å². The van der Waals surface area contributed by atoms with Gasteiger partial charge >= 0.3 is 5.97 Å². The zero-order chi connectivity index (χ0) is 24.1. The van der Waals surface area contributed by atoms with Crippen LogP contribution in [0, 0.1) is 5.92 Å². The quantitative estimate of drug-likeness (QED) is 0.249. The van der Waals surface area contributed by atoms with Crippen molar-refractivity contribution in [3.63, 3.8) is 0 Å². The molecule has 34 heavy (non-hydrogen) atoms. The summed E-state index contributed by atoms with van der Waals surface area (Å²) < 4.78 is 1.21. The fraction of sp³-hybridized carbons (Fsp3) is 0.308. The first-order chi connectivity index (χ1) is 16.4. The zero-order valence-electron chi connectivity index (χ0n) is 19.5. The van der Waals surface area contributed by atoms with Crippen LogP contribution in [0.4, 0.5) is 11.6 Å². The van der Waals surface area contributed by atoms with Crippen LogP contribution in [0.2, 0.25) is 0 Å². The van der Waals surface area contributed by atoms with Gasteiger partial charge in [0.15, 0.2) is 0 Å². The first-order valence-electron chi connectivity index (χ1n) is 11.3. The number of thioether (sulfide) groups is 1. The Bertz CT molecular complexity index is 1290. The maximum atomic E-state index is 10.8. The van der Waals surface area contributed by atoms with E-state index in [1.807, 2.05) is 24.3 Å². The number of carboxylic acids is 1. The molecular weight excluding hydrogens is 464 g/mol. The molecule has 0 aliphatic carbocycles. The number of carboxylic acid groups (broad SMARTS) is 1. The molecule has 4 aromatic rings. The van der Waals surface area contributed by atoms with Crippen LogP contribution in [-0.4, -0.2) is 31.8 Å². The van der Waals surface area contributed by atoms with Crippen LogP contribution >= 0.6 is 23.1 Å². The van der Waals surface area contributed by atoms with Crippen LogP contribution in [0.3, 0.4) is 0 Å². The summed E-state index contributed by atoms with van der Waals surface area (Å²) in [6.45, 7) is 6.53. The van der Waals surface area contributed by atoms with Crippen molar-refractivity contribution in [1.82, 2.24) is 15.0 Å². The minimum absolute atomic E-state index is 0.0437. The Morgan fingerprint density at radius 1 is 1.06 bits per heavy atom. The van der Waals surface area contributed by atoms with E-state index in [-0.39, 0.29) is 5.75 Å². The molecule has 2 heterocycles. The minimum atomic E-state index is -0.825. The van der Waals surface area contributed by atoms with Crippen LogP contribution in [0.1, 0.15) is 42.7 Å². The third-order valence-corrected chi connectivity index (χ3v) is 7.18. The van der Waals surface area contributed by atoms with E-state index in [1.165, 1.54) is 22.0 Å². The number of aryl methyl sites for hydroxylation is 1. The number of benzene rings is 2. The smallest absolute Gasteiger partial charge is 0.313 e. The Kier molecular flexibility index (Phi) is 7.80. The van der Waals surface area contributed by atoms with Crippen molar-refractivity contribution in [1.29, 1.82) is 0 Å². The Hall–Kier alpha value is -2.97. The second-order valence-electron chi connectivity index (χ2n) is 8.54. The third-order valence-electron chi connectivity index (χ3n) is 5.16. The predicted molar refractivity (Wildman–Crippen MR) is 140 cm³/mol. The van der Waals surface area contributed by atoms with E-state index in [0.29, 0.717) is 18.3 Å². The second kappa shape index (κ2) is 11.0. The Labute approximate surface area is 207 Å². The second-order valence-corrected chi connectivity index (χ2v) is 10.7. The molecule has 0 fully saturated rings. The van der Waals surface area contributed by atoms with Crippen molar-refractivity contribution in [2.24, 2.45) is 5.92 Å². The van der Waals surface area contributed by atoms with Gasteiger partial charge in [-0.1, -0.05) is 26.8 Å². The molecule has 0 aliphatic heterocycles. The Balaban J connectivity index is 1.55. The Morgan fingerprint density at radius 2 is 1.82 bits per heavy atom. The molecule has 176 valence electrons. The number of aliphatic carboxylic acids is 1. The number of hydrogen-bond acceptors (Lipinski definition) is 7. The van der Waals surface area contributed by atoms with Crippen molar-refractivity contribution >= 4 is 50.9 Å². The molecule has 0 saturated carbocycles. The maximum Gasteiger partial charge on any atom is 0.313 e. The minimum Gasteiger partial charge on any atom is -0.481 e. The number of aromatic nitrogens is 3. The van der Waals surface area contributed by atoms with Gasteiger partial charge < -0.3 is 10.4 Å². The summed E-state index contributed by atoms with van der Waals surface area (Å²) >= 11 is 3.02. The van der Waals surface area contributed by atoms with Crippen molar-refractivity contribution in [2.45, 2.75) is 44.9 Å². The molecule has 0 bridgehead atoms. The number of nitrogens with one attached hydrogen (secondary N) is 1. The van der Waals surface area contributed by atoms with E-state index in [1.54, 1.807) is 11.3 Å². The third kappa shape index (κ3) is 6.55. The van der Waals surface area contributed by atoms with Crippen LogP contribution in [0.5, 0.6) is 0 Å². The molecule has 0 atom stereocenters. The number of nitrogens with zero attached hydrogens (tertiary/aromatic N) is 3. The summed E-state index contributed by atoms with van der Waals surface area (Å²) in [5.74, 6) is 0.265. The fourth-order valence-electron chi connectivity index (χ4n) is 3.60. The first kappa shape index (κ1) is 24.2. The molecule has 0 aliphatic rings. The largest absolute Gasteiger partial charge is 0.481 e. The van der Waals surface area contributed by atoms with Gasteiger partial charge in [-0.25, -0.2) is 15.0 Å². The van der Waals surface area contributed by atoms with Crippen molar-refractivity contribution in [2.75, 3.05) is 11.1 Å². The average molecular weight is 493 g/mol. The van der Waals surface area contributed by atoms with Gasteiger partial charge in [0.05, 0.1) is 26.7 Å². The van der Waals surface area contributed by atoms with Gasteiger partial charge in [0.1, 0.15) is 0 Å². The monoisotopic (exact) mass is 492 g/mol. The van der Waals surface area contributed by atoms with E-state index < -0.39 is 5.97 Å². The number of anilines is 2. The normalized spacial score (nSPS) is 11.3. The van der Waals surface area contributed by atoms with Gasteiger partial charge in [0, 0.05) is 22.7 Å². The van der Waals surface area contributed by atoms with E-state index in [4.69, 9.17) is 20.1 Å². The van der Waals surface area contributed by atoms with Gasteiger partial charge in [0.25, 0.3) is 0 Å². The molecule has 2 aromatic heterocycles. The van der Waals surface area contributed by atoms with E-state index in [0.717, 1.165) is 45.3 Å². The Morgan fingerprint density at radius 3 is 2.53 bits per heavy atom. The standard InChI is InChI=1S/C26H28N4O2S2/c1-4-17-5-10-22-23(12-17)34-24(30-22)14-20-13-19(11-16(2)3)28-26(29-20)27-18-6-8-21(9-7-18)33-15-25(31)32/h5-10,12-13,16H,4,11,14-15H2,1-3H3,(H,31,32)(H,27,28,29). The summed E-state index contributed by atoms with van der Waals surface area (Å²) in [5, 5.41) is 13.2. The van der Waals surface area contributed by atoms with Crippen LogP contribution in [0.25, 0.3) is 10.2 Å². The molecule has 8 heteroatoms. The summed E-state index contributed by atoms with van der Waals surface area (Å²) in [5.41, 5.74) is 5.16.